The third kappa shape index (κ3) is 10.5. The third-order valence-electron chi connectivity index (χ3n) is 7.48. The van der Waals surface area contributed by atoms with Crippen LogP contribution < -0.4 is 5.32 Å². The number of ether oxygens (including phenoxy) is 2. The first-order chi connectivity index (χ1) is 17.2. The van der Waals surface area contributed by atoms with Crippen LogP contribution in [0.25, 0.3) is 0 Å². The highest BCUT2D eigenvalue weighted by molar-refractivity contribution is 7.87. The van der Waals surface area contributed by atoms with Crippen LogP contribution in [0.15, 0.2) is 0 Å². The lowest BCUT2D eigenvalue weighted by atomic mass is 9.72. The number of amides is 1. The average molecular weight is 550 g/mol. The number of aliphatic hydroxyl groups is 1. The predicted molar refractivity (Wildman–Crippen MR) is 139 cm³/mol. The van der Waals surface area contributed by atoms with Crippen molar-refractivity contribution in [3.8, 4) is 0 Å². The van der Waals surface area contributed by atoms with E-state index in [4.69, 9.17) is 18.8 Å². The number of hydrogen-bond acceptors (Lipinski definition) is 9. The molecule has 2 unspecified atom stereocenters. The van der Waals surface area contributed by atoms with Crippen molar-refractivity contribution < 1.29 is 41.6 Å². The summed E-state index contributed by atoms with van der Waals surface area (Å²) in [5.74, 6) is -1.75. The molecular formula is C26H47NO9S. The Balaban J connectivity index is 2.89. The molecule has 0 radical (unpaired) electrons. The Kier molecular flexibility index (Phi) is 13.5. The molecule has 1 amide bonds. The fourth-order valence-electron chi connectivity index (χ4n) is 4.67. The van der Waals surface area contributed by atoms with Crippen molar-refractivity contribution in [1.82, 2.24) is 5.32 Å². The number of carbonyl (C=O) groups is 3. The van der Waals surface area contributed by atoms with Gasteiger partial charge in [0, 0.05) is 12.0 Å². The molecule has 1 rings (SSSR count). The zero-order chi connectivity index (χ0) is 28.3. The molecule has 0 aromatic rings. The van der Waals surface area contributed by atoms with Gasteiger partial charge in [0.2, 0.25) is 5.91 Å². The van der Waals surface area contributed by atoms with Crippen LogP contribution in [0.4, 0.5) is 0 Å². The number of methoxy groups -OCH3 is 1. The van der Waals surface area contributed by atoms with Crippen LogP contribution in [0.2, 0.25) is 0 Å². The van der Waals surface area contributed by atoms with Crippen molar-refractivity contribution in [1.29, 1.82) is 0 Å². The van der Waals surface area contributed by atoms with E-state index in [1.54, 1.807) is 27.7 Å². The van der Waals surface area contributed by atoms with Gasteiger partial charge in [-0.25, -0.2) is 4.18 Å². The van der Waals surface area contributed by atoms with Crippen LogP contribution in [0.3, 0.4) is 0 Å². The van der Waals surface area contributed by atoms with Gasteiger partial charge in [-0.15, -0.1) is 0 Å². The Morgan fingerprint density at radius 3 is 2.22 bits per heavy atom. The molecule has 2 N–H and O–H groups in total. The Hall–Kier alpha value is -1.72. The molecule has 2 atom stereocenters. The highest BCUT2D eigenvalue weighted by Crippen LogP contribution is 2.37. The van der Waals surface area contributed by atoms with Gasteiger partial charge >= 0.3 is 11.9 Å². The van der Waals surface area contributed by atoms with E-state index in [0.717, 1.165) is 12.8 Å². The summed E-state index contributed by atoms with van der Waals surface area (Å²) in [4.78, 5) is 38.4. The summed E-state index contributed by atoms with van der Waals surface area (Å²) in [6.45, 7) is 8.55. The van der Waals surface area contributed by atoms with Crippen molar-refractivity contribution in [2.45, 2.75) is 97.7 Å². The Morgan fingerprint density at radius 2 is 1.68 bits per heavy atom. The SMILES string of the molecule is CCC(C)(CC(CC(C)(C)C(=O)OC)C(=O)OCCCCO)C(=O)NCOS(=O)(=O)C1CCC(C)CC1. The fourth-order valence-corrected chi connectivity index (χ4v) is 5.93. The van der Waals surface area contributed by atoms with Gasteiger partial charge < -0.3 is 19.9 Å². The minimum Gasteiger partial charge on any atom is -0.469 e. The number of esters is 2. The van der Waals surface area contributed by atoms with E-state index >= 15 is 0 Å². The number of unbranched alkanes of at least 4 members (excludes halogenated alkanes) is 1. The van der Waals surface area contributed by atoms with Gasteiger partial charge in [-0.3, -0.25) is 14.4 Å². The minimum atomic E-state index is -3.80. The largest absolute Gasteiger partial charge is 0.469 e. The molecular weight excluding hydrogens is 502 g/mol. The molecule has 0 aromatic carbocycles. The molecule has 11 heteroatoms. The van der Waals surface area contributed by atoms with Gasteiger partial charge in [0.25, 0.3) is 10.1 Å². The molecule has 0 spiro atoms. The number of aliphatic hydroxyl groups excluding tert-OH is 1. The highest BCUT2D eigenvalue weighted by Gasteiger charge is 2.42. The molecule has 1 aliphatic carbocycles. The second kappa shape index (κ2) is 15.0. The molecule has 1 aliphatic rings. The van der Waals surface area contributed by atoms with Crippen LogP contribution in [0.5, 0.6) is 0 Å². The van der Waals surface area contributed by atoms with Crippen LogP contribution in [0, 0.1) is 22.7 Å². The number of carbonyl (C=O) groups excluding carboxylic acids is 3. The van der Waals surface area contributed by atoms with Crippen molar-refractivity contribution in [3.05, 3.63) is 0 Å². The van der Waals surface area contributed by atoms with Crippen molar-refractivity contribution in [2.24, 2.45) is 22.7 Å². The van der Waals surface area contributed by atoms with E-state index in [2.05, 4.69) is 12.2 Å². The number of rotatable bonds is 16. The lowest BCUT2D eigenvalue weighted by Gasteiger charge is -2.33. The fraction of sp³-hybridized carbons (Fsp3) is 0.885. The van der Waals surface area contributed by atoms with E-state index in [1.165, 1.54) is 7.11 Å². The zero-order valence-electron chi connectivity index (χ0n) is 23.3. The monoisotopic (exact) mass is 549 g/mol. The van der Waals surface area contributed by atoms with Gasteiger partial charge in [-0.1, -0.05) is 20.8 Å². The van der Waals surface area contributed by atoms with E-state index in [-0.39, 0.29) is 26.1 Å². The number of nitrogens with one attached hydrogen (secondary N) is 1. The first-order valence-electron chi connectivity index (χ1n) is 13.2. The second-order valence-corrected chi connectivity index (χ2v) is 13.0. The van der Waals surface area contributed by atoms with Crippen molar-refractivity contribution in [2.75, 3.05) is 27.1 Å². The summed E-state index contributed by atoms with van der Waals surface area (Å²) in [7, 11) is -2.53. The van der Waals surface area contributed by atoms with Gasteiger partial charge in [0.15, 0.2) is 0 Å². The summed E-state index contributed by atoms with van der Waals surface area (Å²) in [5, 5.41) is 11.0. The first kappa shape index (κ1) is 33.3. The van der Waals surface area contributed by atoms with E-state index in [0.29, 0.717) is 38.0 Å². The second-order valence-electron chi connectivity index (χ2n) is 11.1. The Labute approximate surface area is 222 Å². The molecule has 0 aromatic heterocycles. The van der Waals surface area contributed by atoms with E-state index in [1.807, 2.05) is 0 Å². The smallest absolute Gasteiger partial charge is 0.311 e. The maximum atomic E-state index is 13.2. The highest BCUT2D eigenvalue weighted by atomic mass is 32.2. The minimum absolute atomic E-state index is 0.0118. The normalized spacial score (nSPS) is 20.9. The summed E-state index contributed by atoms with van der Waals surface area (Å²) in [6.07, 6.45) is 4.27. The molecule has 0 heterocycles. The lowest BCUT2D eigenvalue weighted by molar-refractivity contribution is -0.157. The molecule has 0 bridgehead atoms. The van der Waals surface area contributed by atoms with Crippen LogP contribution in [-0.2, 0) is 38.2 Å². The maximum absolute atomic E-state index is 13.2. The Morgan fingerprint density at radius 1 is 1.05 bits per heavy atom. The average Bonchev–Trinajstić information content (AvgIpc) is 2.85. The van der Waals surface area contributed by atoms with Gasteiger partial charge in [-0.05, 0) is 77.6 Å². The lowest BCUT2D eigenvalue weighted by Crippen LogP contribution is -2.44. The standard InChI is InChI=1S/C26H47NO9S/c1-7-26(5,23(30)27-18-36-37(32,33)21-12-10-19(2)11-13-21)17-20(16-25(3,4)24(31)34-6)22(29)35-15-9-8-14-28/h19-21,28H,7-18H2,1-6H3,(H,27,30). The predicted octanol–water partition coefficient (Wildman–Crippen LogP) is 3.31. The van der Waals surface area contributed by atoms with Crippen LogP contribution in [-0.4, -0.2) is 63.7 Å². The molecule has 0 saturated heterocycles. The zero-order valence-corrected chi connectivity index (χ0v) is 24.2. The van der Waals surface area contributed by atoms with Gasteiger partial charge in [0.05, 0.1) is 30.3 Å². The summed E-state index contributed by atoms with van der Waals surface area (Å²) in [6, 6.07) is 0. The quantitative estimate of drug-likeness (QED) is 0.128. The third-order valence-corrected chi connectivity index (χ3v) is 9.21. The first-order valence-corrected chi connectivity index (χ1v) is 14.7. The molecule has 37 heavy (non-hydrogen) atoms. The van der Waals surface area contributed by atoms with Crippen molar-refractivity contribution >= 4 is 28.0 Å². The molecule has 216 valence electrons. The molecule has 0 aliphatic heterocycles. The van der Waals surface area contributed by atoms with Crippen molar-refractivity contribution in [3.63, 3.8) is 0 Å². The van der Waals surface area contributed by atoms with Gasteiger partial charge in [0.1, 0.15) is 6.73 Å². The molecule has 1 saturated carbocycles. The molecule has 1 fully saturated rings. The summed E-state index contributed by atoms with van der Waals surface area (Å²) >= 11 is 0. The van der Waals surface area contributed by atoms with Crippen LogP contribution >= 0.6 is 0 Å². The van der Waals surface area contributed by atoms with E-state index < -0.39 is 56.7 Å². The van der Waals surface area contributed by atoms with E-state index in [9.17, 15) is 22.8 Å². The summed E-state index contributed by atoms with van der Waals surface area (Å²) in [5.41, 5.74) is -2.04. The number of hydrogen-bond donors (Lipinski definition) is 2. The maximum Gasteiger partial charge on any atom is 0.311 e. The van der Waals surface area contributed by atoms with Gasteiger partial charge in [-0.2, -0.15) is 8.42 Å². The Bertz CT molecular complexity index is 850. The topological polar surface area (TPSA) is 145 Å². The van der Waals surface area contributed by atoms with Crippen LogP contribution in [0.1, 0.15) is 92.4 Å². The summed E-state index contributed by atoms with van der Waals surface area (Å²) < 4.78 is 40.5. The molecule has 10 nitrogen and oxygen atoms in total.